The van der Waals surface area contributed by atoms with E-state index in [9.17, 15) is 4.79 Å². The summed E-state index contributed by atoms with van der Waals surface area (Å²) in [6.07, 6.45) is -0.0662. The summed E-state index contributed by atoms with van der Waals surface area (Å²) in [4.78, 5) is 11.9. The van der Waals surface area contributed by atoms with Gasteiger partial charge in [-0.15, -0.1) is 0 Å². The molecule has 118 valence electrons. The molecule has 1 aromatic carbocycles. The second-order valence-electron chi connectivity index (χ2n) is 4.37. The number of anilines is 1. The molecule has 1 aromatic rings. The Morgan fingerprint density at radius 2 is 1.90 bits per heavy atom. The maximum absolute atomic E-state index is 11.9. The van der Waals surface area contributed by atoms with Crippen LogP contribution in [0, 0.1) is 0 Å². The molecule has 6 nitrogen and oxygen atoms in total. The van der Waals surface area contributed by atoms with E-state index in [4.69, 9.17) is 19.9 Å². The highest BCUT2D eigenvalue weighted by Crippen LogP contribution is 2.30. The number of amides is 1. The van der Waals surface area contributed by atoms with Gasteiger partial charge in [-0.2, -0.15) is 0 Å². The first-order chi connectivity index (χ1) is 10.1. The van der Waals surface area contributed by atoms with E-state index in [1.807, 2.05) is 13.8 Å². The van der Waals surface area contributed by atoms with Crippen molar-refractivity contribution in [1.82, 2.24) is 0 Å². The molecule has 1 amide bonds. The number of rotatable bonds is 9. The standard InChI is InChI=1S/C15H24N2O4/c1-4-20-13-7-6-11(8-14(13)21-5-2)17-15(18)9-12(10-16)19-3/h6-8,12H,4-5,9-10,16H2,1-3H3,(H,17,18). The van der Waals surface area contributed by atoms with E-state index < -0.39 is 0 Å². The van der Waals surface area contributed by atoms with E-state index >= 15 is 0 Å². The van der Waals surface area contributed by atoms with Crippen LogP contribution in [-0.2, 0) is 9.53 Å². The van der Waals surface area contributed by atoms with Crippen LogP contribution in [0.3, 0.4) is 0 Å². The van der Waals surface area contributed by atoms with E-state index in [1.54, 1.807) is 18.2 Å². The molecule has 0 radical (unpaired) electrons. The lowest BCUT2D eigenvalue weighted by atomic mass is 10.2. The Hall–Kier alpha value is -1.79. The Kier molecular flexibility index (Phi) is 7.56. The van der Waals surface area contributed by atoms with Gasteiger partial charge in [0.15, 0.2) is 11.5 Å². The van der Waals surface area contributed by atoms with Crippen LogP contribution >= 0.6 is 0 Å². The first-order valence-corrected chi connectivity index (χ1v) is 7.06. The molecule has 21 heavy (non-hydrogen) atoms. The van der Waals surface area contributed by atoms with Crippen LogP contribution in [0.15, 0.2) is 18.2 Å². The van der Waals surface area contributed by atoms with Gasteiger partial charge < -0.3 is 25.3 Å². The summed E-state index contributed by atoms with van der Waals surface area (Å²) in [6, 6.07) is 5.30. The molecule has 0 spiro atoms. The second kappa shape index (κ2) is 9.20. The molecule has 0 aromatic heterocycles. The smallest absolute Gasteiger partial charge is 0.227 e. The zero-order valence-electron chi connectivity index (χ0n) is 12.8. The van der Waals surface area contributed by atoms with Crippen molar-refractivity contribution in [3.8, 4) is 11.5 Å². The van der Waals surface area contributed by atoms with Crippen molar-refractivity contribution in [2.45, 2.75) is 26.4 Å². The number of ether oxygens (including phenoxy) is 3. The first-order valence-electron chi connectivity index (χ1n) is 7.06. The summed E-state index contributed by atoms with van der Waals surface area (Å²) in [5.74, 6) is 1.12. The molecule has 0 saturated carbocycles. The second-order valence-corrected chi connectivity index (χ2v) is 4.37. The number of carbonyl (C=O) groups is 1. The molecule has 0 aliphatic rings. The SMILES string of the molecule is CCOc1ccc(NC(=O)CC(CN)OC)cc1OCC. The van der Waals surface area contributed by atoms with Crippen LogP contribution in [0.5, 0.6) is 11.5 Å². The Bertz CT molecular complexity index is 447. The Morgan fingerprint density at radius 1 is 1.24 bits per heavy atom. The van der Waals surface area contributed by atoms with Gasteiger partial charge in [0.2, 0.25) is 5.91 Å². The number of methoxy groups -OCH3 is 1. The van der Waals surface area contributed by atoms with Crippen molar-refractivity contribution in [2.75, 3.05) is 32.2 Å². The first kappa shape index (κ1) is 17.3. The monoisotopic (exact) mass is 296 g/mol. The van der Waals surface area contributed by atoms with E-state index in [0.717, 1.165) is 0 Å². The lowest BCUT2D eigenvalue weighted by Crippen LogP contribution is -2.28. The molecule has 0 saturated heterocycles. The lowest BCUT2D eigenvalue weighted by Gasteiger charge is -2.15. The molecule has 0 aliphatic heterocycles. The van der Waals surface area contributed by atoms with Gasteiger partial charge in [-0.3, -0.25) is 4.79 Å². The van der Waals surface area contributed by atoms with Crippen LogP contribution in [0.1, 0.15) is 20.3 Å². The van der Waals surface area contributed by atoms with Crippen LogP contribution in [-0.4, -0.2) is 38.9 Å². The quantitative estimate of drug-likeness (QED) is 0.726. The minimum Gasteiger partial charge on any atom is -0.490 e. The average Bonchev–Trinajstić information content (AvgIpc) is 2.48. The summed E-state index contributed by atoms with van der Waals surface area (Å²) in [5, 5.41) is 2.80. The van der Waals surface area contributed by atoms with Gasteiger partial charge in [-0.1, -0.05) is 0 Å². The average molecular weight is 296 g/mol. The maximum Gasteiger partial charge on any atom is 0.227 e. The molecule has 0 bridgehead atoms. The zero-order chi connectivity index (χ0) is 15.7. The van der Waals surface area contributed by atoms with E-state index in [1.165, 1.54) is 7.11 Å². The molecule has 1 atom stereocenters. The Balaban J connectivity index is 2.74. The zero-order valence-corrected chi connectivity index (χ0v) is 12.8. The molecule has 3 N–H and O–H groups in total. The molecule has 0 heterocycles. The van der Waals surface area contributed by atoms with Crippen molar-refractivity contribution < 1.29 is 19.0 Å². The highest BCUT2D eigenvalue weighted by Gasteiger charge is 2.13. The normalized spacial score (nSPS) is 11.8. The topological polar surface area (TPSA) is 82.8 Å². The lowest BCUT2D eigenvalue weighted by molar-refractivity contribution is -0.118. The fourth-order valence-corrected chi connectivity index (χ4v) is 1.81. The highest BCUT2D eigenvalue weighted by molar-refractivity contribution is 5.91. The molecular weight excluding hydrogens is 272 g/mol. The fourth-order valence-electron chi connectivity index (χ4n) is 1.81. The summed E-state index contributed by atoms with van der Waals surface area (Å²) in [5.41, 5.74) is 6.15. The van der Waals surface area contributed by atoms with Gasteiger partial charge in [-0.25, -0.2) is 0 Å². The van der Waals surface area contributed by atoms with Crippen LogP contribution in [0.2, 0.25) is 0 Å². The summed E-state index contributed by atoms with van der Waals surface area (Å²) in [7, 11) is 1.54. The maximum atomic E-state index is 11.9. The largest absolute Gasteiger partial charge is 0.490 e. The van der Waals surface area contributed by atoms with Crippen LogP contribution < -0.4 is 20.5 Å². The third-order valence-electron chi connectivity index (χ3n) is 2.84. The number of carbonyl (C=O) groups excluding carboxylic acids is 1. The third-order valence-corrected chi connectivity index (χ3v) is 2.84. The van der Waals surface area contributed by atoms with Crippen LogP contribution in [0.25, 0.3) is 0 Å². The van der Waals surface area contributed by atoms with Gasteiger partial charge in [0, 0.05) is 25.4 Å². The Labute approximate surface area is 125 Å². The summed E-state index contributed by atoms with van der Waals surface area (Å²) >= 11 is 0. The third kappa shape index (κ3) is 5.61. The predicted molar refractivity (Wildman–Crippen MR) is 81.9 cm³/mol. The molecule has 1 unspecified atom stereocenters. The molecule has 6 heteroatoms. The van der Waals surface area contributed by atoms with Gasteiger partial charge in [0.25, 0.3) is 0 Å². The van der Waals surface area contributed by atoms with E-state index in [2.05, 4.69) is 5.32 Å². The van der Waals surface area contributed by atoms with Gasteiger partial charge >= 0.3 is 0 Å². The van der Waals surface area contributed by atoms with Crippen molar-refractivity contribution in [3.05, 3.63) is 18.2 Å². The number of nitrogens with one attached hydrogen (secondary N) is 1. The van der Waals surface area contributed by atoms with Gasteiger partial charge in [0.1, 0.15) is 0 Å². The van der Waals surface area contributed by atoms with Crippen molar-refractivity contribution in [1.29, 1.82) is 0 Å². The van der Waals surface area contributed by atoms with Gasteiger partial charge in [0.05, 0.1) is 25.7 Å². The van der Waals surface area contributed by atoms with Crippen molar-refractivity contribution >= 4 is 11.6 Å². The molecule has 0 fully saturated rings. The summed E-state index contributed by atoms with van der Waals surface area (Å²) in [6.45, 7) is 5.18. The van der Waals surface area contributed by atoms with Crippen molar-refractivity contribution in [2.24, 2.45) is 5.73 Å². The van der Waals surface area contributed by atoms with Gasteiger partial charge in [-0.05, 0) is 26.0 Å². The molecular formula is C15H24N2O4. The predicted octanol–water partition coefficient (Wildman–Crippen LogP) is 1.79. The highest BCUT2D eigenvalue weighted by atomic mass is 16.5. The fraction of sp³-hybridized carbons (Fsp3) is 0.533. The van der Waals surface area contributed by atoms with E-state index in [-0.39, 0.29) is 18.4 Å². The Morgan fingerprint density at radius 3 is 2.48 bits per heavy atom. The number of nitrogens with two attached hydrogens (primary N) is 1. The molecule has 1 rings (SSSR count). The number of hydrogen-bond acceptors (Lipinski definition) is 5. The minimum atomic E-state index is -0.279. The van der Waals surface area contributed by atoms with Crippen LogP contribution in [0.4, 0.5) is 5.69 Å². The summed E-state index contributed by atoms with van der Waals surface area (Å²) < 4.78 is 16.1. The van der Waals surface area contributed by atoms with Crippen molar-refractivity contribution in [3.63, 3.8) is 0 Å². The minimum absolute atomic E-state index is 0.154. The number of hydrogen-bond donors (Lipinski definition) is 2. The molecule has 0 aliphatic carbocycles. The van der Waals surface area contributed by atoms with E-state index in [0.29, 0.717) is 36.9 Å². The number of benzene rings is 1.